The van der Waals surface area contributed by atoms with Gasteiger partial charge in [-0.25, -0.2) is 0 Å². The monoisotopic (exact) mass is 313 g/mol. The van der Waals surface area contributed by atoms with E-state index in [1.807, 2.05) is 28.8 Å². The molecule has 0 spiro atoms. The van der Waals surface area contributed by atoms with E-state index in [2.05, 4.69) is 52.3 Å². The number of hydrogen-bond donors (Lipinski definition) is 0. The normalized spacial score (nSPS) is 12.0. The van der Waals surface area contributed by atoms with Crippen LogP contribution in [0, 0.1) is 0 Å². The van der Waals surface area contributed by atoms with Crippen molar-refractivity contribution in [2.24, 2.45) is 0 Å². The third-order valence-corrected chi connectivity index (χ3v) is 4.41. The highest BCUT2D eigenvalue weighted by Gasteiger charge is 2.12. The molecule has 2 heterocycles. The average Bonchev–Trinajstić information content (AvgIpc) is 3.12. The van der Waals surface area contributed by atoms with Crippen LogP contribution >= 0.6 is 11.3 Å². The third kappa shape index (κ3) is 3.23. The summed E-state index contributed by atoms with van der Waals surface area (Å²) in [5.41, 5.74) is 1.16. The van der Waals surface area contributed by atoms with Gasteiger partial charge in [-0.2, -0.15) is 9.61 Å². The standard InChI is InChI=1S/C16H19N5S/c1-3-20(4-2)12-14-17-18-16-21(14)19-15(22-16)11-10-13-8-6-5-7-9-13/h5-11H,3-4,12H2,1-2H3. The highest BCUT2D eigenvalue weighted by molar-refractivity contribution is 7.17. The topological polar surface area (TPSA) is 46.3 Å². The Morgan fingerprint density at radius 3 is 2.59 bits per heavy atom. The number of aromatic nitrogens is 4. The van der Waals surface area contributed by atoms with E-state index in [-0.39, 0.29) is 0 Å². The third-order valence-electron chi connectivity index (χ3n) is 3.55. The molecule has 3 rings (SSSR count). The maximum Gasteiger partial charge on any atom is 0.235 e. The molecule has 6 heteroatoms. The molecule has 1 aromatic carbocycles. The first-order valence-corrected chi connectivity index (χ1v) is 8.28. The van der Waals surface area contributed by atoms with Crippen molar-refractivity contribution in [1.82, 2.24) is 24.7 Å². The van der Waals surface area contributed by atoms with Crippen LogP contribution in [0.5, 0.6) is 0 Å². The Kier molecular flexibility index (Phi) is 4.60. The fourth-order valence-corrected chi connectivity index (χ4v) is 2.98. The van der Waals surface area contributed by atoms with E-state index in [9.17, 15) is 0 Å². The molecule has 0 fully saturated rings. The Morgan fingerprint density at radius 1 is 1.09 bits per heavy atom. The van der Waals surface area contributed by atoms with E-state index >= 15 is 0 Å². The van der Waals surface area contributed by atoms with Crippen LogP contribution in [0.2, 0.25) is 0 Å². The summed E-state index contributed by atoms with van der Waals surface area (Å²) in [7, 11) is 0. The molecule has 0 amide bonds. The molecule has 2 aromatic heterocycles. The van der Waals surface area contributed by atoms with Crippen LogP contribution in [0.1, 0.15) is 30.2 Å². The lowest BCUT2D eigenvalue weighted by Gasteiger charge is -2.15. The number of fused-ring (bicyclic) bond motifs is 1. The van der Waals surface area contributed by atoms with Crippen molar-refractivity contribution < 1.29 is 0 Å². The molecule has 0 bridgehead atoms. The molecule has 0 saturated heterocycles. The first kappa shape index (κ1) is 14.9. The van der Waals surface area contributed by atoms with E-state index in [4.69, 9.17) is 0 Å². The Morgan fingerprint density at radius 2 is 1.86 bits per heavy atom. The quantitative estimate of drug-likeness (QED) is 0.701. The van der Waals surface area contributed by atoms with Crippen molar-refractivity contribution in [3.8, 4) is 0 Å². The van der Waals surface area contributed by atoms with E-state index < -0.39 is 0 Å². The highest BCUT2D eigenvalue weighted by Crippen LogP contribution is 2.17. The lowest BCUT2D eigenvalue weighted by molar-refractivity contribution is 0.286. The van der Waals surface area contributed by atoms with Crippen LogP contribution in [0.3, 0.4) is 0 Å². The van der Waals surface area contributed by atoms with Gasteiger partial charge in [0.1, 0.15) is 5.01 Å². The predicted octanol–water partition coefficient (Wildman–Crippen LogP) is 3.20. The summed E-state index contributed by atoms with van der Waals surface area (Å²) < 4.78 is 1.85. The molecule has 0 atom stereocenters. The molecular weight excluding hydrogens is 294 g/mol. The van der Waals surface area contributed by atoms with Crippen molar-refractivity contribution in [3.05, 3.63) is 46.7 Å². The predicted molar refractivity (Wildman–Crippen MR) is 90.7 cm³/mol. The lowest BCUT2D eigenvalue weighted by Crippen LogP contribution is -2.23. The molecular formula is C16H19N5S. The Balaban J connectivity index is 1.81. The van der Waals surface area contributed by atoms with Gasteiger partial charge < -0.3 is 0 Å². The van der Waals surface area contributed by atoms with Gasteiger partial charge >= 0.3 is 0 Å². The van der Waals surface area contributed by atoms with Gasteiger partial charge in [0.15, 0.2) is 5.82 Å². The maximum absolute atomic E-state index is 4.61. The first-order chi connectivity index (χ1) is 10.8. The summed E-state index contributed by atoms with van der Waals surface area (Å²) >= 11 is 1.55. The van der Waals surface area contributed by atoms with Crippen LogP contribution in [0.4, 0.5) is 0 Å². The minimum absolute atomic E-state index is 0.778. The summed E-state index contributed by atoms with van der Waals surface area (Å²) in [6.07, 6.45) is 4.09. The minimum Gasteiger partial charge on any atom is -0.296 e. The average molecular weight is 313 g/mol. The minimum atomic E-state index is 0.778. The van der Waals surface area contributed by atoms with Crippen molar-refractivity contribution in [1.29, 1.82) is 0 Å². The van der Waals surface area contributed by atoms with Crippen LogP contribution in [-0.4, -0.2) is 37.8 Å². The number of nitrogens with zero attached hydrogens (tertiary/aromatic N) is 5. The van der Waals surface area contributed by atoms with Crippen LogP contribution in [0.15, 0.2) is 30.3 Å². The van der Waals surface area contributed by atoms with Crippen LogP contribution in [-0.2, 0) is 6.54 Å². The van der Waals surface area contributed by atoms with Gasteiger partial charge in [-0.05, 0) is 24.7 Å². The summed E-state index contributed by atoms with van der Waals surface area (Å²) in [5.74, 6) is 0.898. The summed E-state index contributed by atoms with van der Waals surface area (Å²) in [6, 6.07) is 10.2. The molecule has 0 N–H and O–H groups in total. The van der Waals surface area contributed by atoms with Crippen LogP contribution < -0.4 is 0 Å². The number of benzene rings is 1. The van der Waals surface area contributed by atoms with Gasteiger partial charge in [-0.3, -0.25) is 4.90 Å². The van der Waals surface area contributed by atoms with Crippen molar-refractivity contribution in [2.45, 2.75) is 20.4 Å². The van der Waals surface area contributed by atoms with Crippen LogP contribution in [0.25, 0.3) is 17.1 Å². The first-order valence-electron chi connectivity index (χ1n) is 7.46. The van der Waals surface area contributed by atoms with Gasteiger partial charge in [0.25, 0.3) is 0 Å². The Bertz CT molecular complexity index is 755. The molecule has 0 unspecified atom stereocenters. The molecule has 0 radical (unpaired) electrons. The van der Waals surface area contributed by atoms with Gasteiger partial charge in [-0.15, -0.1) is 10.2 Å². The zero-order valence-corrected chi connectivity index (χ0v) is 13.6. The van der Waals surface area contributed by atoms with Gasteiger partial charge in [0.05, 0.1) is 6.54 Å². The van der Waals surface area contributed by atoms with E-state index in [1.54, 1.807) is 11.3 Å². The molecule has 0 saturated carbocycles. The number of rotatable bonds is 6. The largest absolute Gasteiger partial charge is 0.296 e. The fraction of sp³-hybridized carbons (Fsp3) is 0.312. The molecule has 3 aromatic rings. The zero-order valence-electron chi connectivity index (χ0n) is 12.8. The van der Waals surface area contributed by atoms with E-state index in [0.29, 0.717) is 0 Å². The van der Waals surface area contributed by atoms with E-state index in [0.717, 1.165) is 41.0 Å². The second kappa shape index (κ2) is 6.81. The number of hydrogen-bond acceptors (Lipinski definition) is 5. The summed E-state index contributed by atoms with van der Waals surface area (Å²) in [4.78, 5) is 3.14. The Hall–Kier alpha value is -2.05. The summed E-state index contributed by atoms with van der Waals surface area (Å²) in [5, 5.41) is 14.0. The Labute approximate surface area is 133 Å². The van der Waals surface area contributed by atoms with E-state index in [1.165, 1.54) is 0 Å². The second-order valence-corrected chi connectivity index (χ2v) is 5.94. The van der Waals surface area contributed by atoms with Crippen molar-refractivity contribution in [3.63, 3.8) is 0 Å². The van der Waals surface area contributed by atoms with Gasteiger partial charge in [0.2, 0.25) is 4.96 Å². The summed E-state index contributed by atoms with van der Waals surface area (Å²) in [6.45, 7) is 7.07. The smallest absolute Gasteiger partial charge is 0.235 e. The van der Waals surface area contributed by atoms with Gasteiger partial charge in [0, 0.05) is 0 Å². The highest BCUT2D eigenvalue weighted by atomic mass is 32.1. The zero-order chi connectivity index (χ0) is 15.4. The molecule has 114 valence electrons. The second-order valence-electron chi connectivity index (χ2n) is 4.96. The molecule has 0 aliphatic carbocycles. The molecule has 5 nitrogen and oxygen atoms in total. The SMILES string of the molecule is CCN(CC)Cc1nnc2sc(C=Cc3ccccc3)nn12. The van der Waals surface area contributed by atoms with Gasteiger partial charge in [-0.1, -0.05) is 61.6 Å². The lowest BCUT2D eigenvalue weighted by atomic mass is 10.2. The van der Waals surface area contributed by atoms with Crippen molar-refractivity contribution >= 4 is 28.4 Å². The molecule has 22 heavy (non-hydrogen) atoms. The maximum atomic E-state index is 4.61. The molecule has 0 aliphatic rings. The fourth-order valence-electron chi connectivity index (χ4n) is 2.22. The molecule has 0 aliphatic heterocycles. The van der Waals surface area contributed by atoms with Crippen molar-refractivity contribution in [2.75, 3.05) is 13.1 Å².